The lowest BCUT2D eigenvalue weighted by molar-refractivity contribution is -0.138. The number of para-hydroxylation sites is 1. The third-order valence-electron chi connectivity index (χ3n) is 2.75. The molecule has 0 heterocycles. The summed E-state index contributed by atoms with van der Waals surface area (Å²) in [7, 11) is 0. The Bertz CT molecular complexity index is 692. The summed E-state index contributed by atoms with van der Waals surface area (Å²) in [5, 5.41) is 9.19. The van der Waals surface area contributed by atoms with Crippen molar-refractivity contribution in [2.24, 2.45) is 0 Å². The summed E-state index contributed by atoms with van der Waals surface area (Å²) in [5.41, 5.74) is -0.302. The third kappa shape index (κ3) is 3.56. The van der Waals surface area contributed by atoms with Gasteiger partial charge in [-0.2, -0.15) is 18.4 Å². The molecule has 2 nitrogen and oxygen atoms in total. The average Bonchev–Trinajstić information content (AvgIpc) is 2.47. The molecular formula is C15H9BrF3NO. The second-order valence-electron chi connectivity index (χ2n) is 4.16. The summed E-state index contributed by atoms with van der Waals surface area (Å²) in [6.07, 6.45) is -4.59. The number of halogens is 4. The molecule has 0 fully saturated rings. The fourth-order valence-corrected chi connectivity index (χ4v) is 2.21. The van der Waals surface area contributed by atoms with Crippen molar-refractivity contribution in [1.82, 2.24) is 0 Å². The second kappa shape index (κ2) is 6.19. The molecule has 0 spiro atoms. The van der Waals surface area contributed by atoms with E-state index in [2.05, 4.69) is 15.9 Å². The topological polar surface area (TPSA) is 33.0 Å². The molecule has 0 saturated carbocycles. The van der Waals surface area contributed by atoms with E-state index in [1.54, 1.807) is 30.3 Å². The minimum atomic E-state index is -4.59. The first-order chi connectivity index (χ1) is 9.95. The molecule has 0 radical (unpaired) electrons. The smallest absolute Gasteiger partial charge is 0.420 e. The van der Waals surface area contributed by atoms with Crippen LogP contribution in [0.3, 0.4) is 0 Å². The molecule has 0 aliphatic carbocycles. The van der Waals surface area contributed by atoms with Crippen molar-refractivity contribution in [2.75, 3.05) is 0 Å². The van der Waals surface area contributed by atoms with Crippen LogP contribution in [-0.4, -0.2) is 0 Å². The van der Waals surface area contributed by atoms with Gasteiger partial charge in [-0.15, -0.1) is 0 Å². The molecule has 0 amide bonds. The molecule has 2 rings (SSSR count). The van der Waals surface area contributed by atoms with E-state index in [0.717, 1.165) is 17.7 Å². The van der Waals surface area contributed by atoms with E-state index in [0.29, 0.717) is 11.1 Å². The standard InChI is InChI=1S/C15H9BrF3NO/c16-8-11-3-1-2-4-13(11)21-14-6-5-10(9-20)7-12(14)15(17,18)19/h1-7H,8H2. The van der Waals surface area contributed by atoms with Crippen molar-refractivity contribution >= 4 is 15.9 Å². The SMILES string of the molecule is N#Cc1ccc(Oc2ccccc2CBr)c(C(F)(F)F)c1. The first-order valence-electron chi connectivity index (χ1n) is 5.89. The van der Waals surface area contributed by atoms with Crippen molar-refractivity contribution < 1.29 is 17.9 Å². The van der Waals surface area contributed by atoms with Gasteiger partial charge in [0.05, 0.1) is 17.2 Å². The van der Waals surface area contributed by atoms with Crippen LogP contribution < -0.4 is 4.74 Å². The number of nitriles is 1. The maximum atomic E-state index is 13.1. The Morgan fingerprint density at radius 3 is 2.43 bits per heavy atom. The van der Waals surface area contributed by atoms with E-state index in [1.165, 1.54) is 6.07 Å². The van der Waals surface area contributed by atoms with Crippen LogP contribution in [0.1, 0.15) is 16.7 Å². The molecular weight excluding hydrogens is 347 g/mol. The van der Waals surface area contributed by atoms with Gasteiger partial charge in [-0.3, -0.25) is 0 Å². The quantitative estimate of drug-likeness (QED) is 0.703. The van der Waals surface area contributed by atoms with Gasteiger partial charge in [-0.25, -0.2) is 0 Å². The van der Waals surface area contributed by atoms with Crippen LogP contribution in [-0.2, 0) is 11.5 Å². The highest BCUT2D eigenvalue weighted by Gasteiger charge is 2.35. The van der Waals surface area contributed by atoms with Gasteiger partial charge in [0.2, 0.25) is 0 Å². The summed E-state index contributed by atoms with van der Waals surface area (Å²) in [5.74, 6) is 0.0134. The molecule has 0 bridgehead atoms. The minimum Gasteiger partial charge on any atom is -0.456 e. The maximum Gasteiger partial charge on any atom is 0.420 e. The Balaban J connectivity index is 2.47. The average molecular weight is 356 g/mol. The van der Waals surface area contributed by atoms with E-state index in [4.69, 9.17) is 10.00 Å². The highest BCUT2D eigenvalue weighted by Crippen LogP contribution is 2.39. The van der Waals surface area contributed by atoms with Crippen molar-refractivity contribution in [2.45, 2.75) is 11.5 Å². The van der Waals surface area contributed by atoms with Gasteiger partial charge in [0.25, 0.3) is 0 Å². The first kappa shape index (κ1) is 15.4. The van der Waals surface area contributed by atoms with Crippen LogP contribution >= 0.6 is 15.9 Å². The maximum absolute atomic E-state index is 13.1. The Morgan fingerprint density at radius 2 is 1.81 bits per heavy atom. The van der Waals surface area contributed by atoms with E-state index < -0.39 is 11.7 Å². The summed E-state index contributed by atoms with van der Waals surface area (Å²) < 4.78 is 44.6. The first-order valence-corrected chi connectivity index (χ1v) is 7.01. The summed E-state index contributed by atoms with van der Waals surface area (Å²) >= 11 is 3.26. The fraction of sp³-hybridized carbons (Fsp3) is 0.133. The fourth-order valence-electron chi connectivity index (χ4n) is 1.74. The zero-order valence-corrected chi connectivity index (χ0v) is 12.2. The number of rotatable bonds is 3. The number of hydrogen-bond acceptors (Lipinski definition) is 2. The van der Waals surface area contributed by atoms with Crippen LogP contribution in [0.25, 0.3) is 0 Å². The van der Waals surface area contributed by atoms with E-state index >= 15 is 0 Å². The molecule has 0 atom stereocenters. The van der Waals surface area contributed by atoms with Crippen LogP contribution in [0, 0.1) is 11.3 Å². The van der Waals surface area contributed by atoms with E-state index in [1.807, 2.05) is 0 Å². The monoisotopic (exact) mass is 355 g/mol. The number of nitrogens with zero attached hydrogens (tertiary/aromatic N) is 1. The Morgan fingerprint density at radius 1 is 1.10 bits per heavy atom. The van der Waals surface area contributed by atoms with Crippen molar-refractivity contribution in [3.63, 3.8) is 0 Å². The molecule has 0 aliphatic rings. The molecule has 2 aromatic carbocycles. The van der Waals surface area contributed by atoms with Gasteiger partial charge >= 0.3 is 6.18 Å². The molecule has 2 aromatic rings. The van der Waals surface area contributed by atoms with Crippen molar-refractivity contribution in [3.05, 3.63) is 59.2 Å². The van der Waals surface area contributed by atoms with Crippen LogP contribution in [0.15, 0.2) is 42.5 Å². The van der Waals surface area contributed by atoms with Crippen LogP contribution in [0.2, 0.25) is 0 Å². The third-order valence-corrected chi connectivity index (χ3v) is 3.35. The second-order valence-corrected chi connectivity index (χ2v) is 4.72. The summed E-state index contributed by atoms with van der Waals surface area (Å²) in [6, 6.07) is 11.7. The lowest BCUT2D eigenvalue weighted by Gasteiger charge is -2.15. The van der Waals surface area contributed by atoms with E-state index in [-0.39, 0.29) is 11.3 Å². The van der Waals surface area contributed by atoms with Gasteiger partial charge in [0.1, 0.15) is 11.5 Å². The lowest BCUT2D eigenvalue weighted by atomic mass is 10.1. The van der Waals surface area contributed by atoms with Gasteiger partial charge in [-0.1, -0.05) is 34.1 Å². The van der Waals surface area contributed by atoms with Gasteiger partial charge in [0, 0.05) is 10.9 Å². The Hall–Kier alpha value is -2.00. The number of benzene rings is 2. The van der Waals surface area contributed by atoms with Gasteiger partial charge < -0.3 is 4.74 Å². The van der Waals surface area contributed by atoms with Crippen molar-refractivity contribution in [1.29, 1.82) is 5.26 Å². The molecule has 0 saturated heterocycles. The molecule has 6 heteroatoms. The minimum absolute atomic E-state index is 0.0662. The number of alkyl halides is 4. The van der Waals surface area contributed by atoms with Gasteiger partial charge in [-0.05, 0) is 24.3 Å². The molecule has 21 heavy (non-hydrogen) atoms. The molecule has 0 unspecified atom stereocenters. The summed E-state index contributed by atoms with van der Waals surface area (Å²) in [6.45, 7) is 0. The predicted molar refractivity (Wildman–Crippen MR) is 75.3 cm³/mol. The largest absolute Gasteiger partial charge is 0.456 e. The molecule has 0 N–H and O–H groups in total. The summed E-state index contributed by atoms with van der Waals surface area (Å²) in [4.78, 5) is 0. The highest BCUT2D eigenvalue weighted by atomic mass is 79.9. The Labute approximate surface area is 127 Å². The zero-order chi connectivity index (χ0) is 15.5. The Kier molecular flexibility index (Phi) is 4.53. The molecule has 108 valence electrons. The molecule has 0 aromatic heterocycles. The van der Waals surface area contributed by atoms with Crippen LogP contribution in [0.4, 0.5) is 13.2 Å². The lowest BCUT2D eigenvalue weighted by Crippen LogP contribution is -2.08. The molecule has 0 aliphatic heterocycles. The zero-order valence-electron chi connectivity index (χ0n) is 10.6. The predicted octanol–water partition coefficient (Wildman–Crippen LogP) is 5.26. The van der Waals surface area contributed by atoms with Crippen LogP contribution in [0.5, 0.6) is 11.5 Å². The van der Waals surface area contributed by atoms with Gasteiger partial charge in [0.15, 0.2) is 0 Å². The van der Waals surface area contributed by atoms with E-state index in [9.17, 15) is 13.2 Å². The van der Waals surface area contributed by atoms with Crippen molar-refractivity contribution in [3.8, 4) is 17.6 Å². The highest BCUT2D eigenvalue weighted by molar-refractivity contribution is 9.08. The number of ether oxygens (including phenoxy) is 1. The number of hydrogen-bond donors (Lipinski definition) is 0. The normalized spacial score (nSPS) is 11.0.